The Balaban J connectivity index is 1.01. The Morgan fingerprint density at radius 1 is 1.05 bits per heavy atom. The van der Waals surface area contributed by atoms with Gasteiger partial charge in [-0.1, -0.05) is 0 Å². The number of aromatic nitrogens is 5. The van der Waals surface area contributed by atoms with Gasteiger partial charge in [0.15, 0.2) is 23.5 Å². The third-order valence-corrected chi connectivity index (χ3v) is 13.9. The Bertz CT molecular complexity index is 2720. The molecule has 2 aliphatic heterocycles. The number of aromatic amines is 1. The molecule has 6 rings (SSSR count). The third-order valence-electron chi connectivity index (χ3n) is 9.02. The number of hydrogen-bond donors (Lipinski definition) is 9. The zero-order valence-corrected chi connectivity index (χ0v) is 36.3. The molecule has 3 aliphatic rings. The first-order valence-corrected chi connectivity index (χ1v) is 23.5. The molecule has 4 heterocycles. The van der Waals surface area contributed by atoms with Crippen LogP contribution in [0.4, 0.5) is 16.4 Å². The number of rotatable bonds is 17. The predicted octanol–water partition coefficient (Wildman–Crippen LogP) is 0.177. The van der Waals surface area contributed by atoms with Gasteiger partial charge in [-0.2, -0.15) is 13.6 Å². The van der Waals surface area contributed by atoms with Crippen LogP contribution < -0.4 is 36.8 Å². The lowest BCUT2D eigenvalue weighted by molar-refractivity contribution is -0.121. The summed E-state index contributed by atoms with van der Waals surface area (Å²) in [4.78, 5) is 92.9. The molecule has 1 saturated heterocycles. The number of imidazole rings is 1. The van der Waals surface area contributed by atoms with Crippen molar-refractivity contribution >= 4 is 79.8 Å². The van der Waals surface area contributed by atoms with Gasteiger partial charge in [0.2, 0.25) is 17.2 Å². The molecule has 62 heavy (non-hydrogen) atoms. The number of H-pyrrole nitrogens is 1. The number of benzene rings is 2. The number of phosphoric ester groups is 1. The van der Waals surface area contributed by atoms with Gasteiger partial charge >= 0.3 is 29.6 Å². The summed E-state index contributed by atoms with van der Waals surface area (Å²) in [5.41, 5.74) is 7.25. The minimum Gasteiger partial charge on any atom is -0.439 e. The lowest BCUT2D eigenvalue weighted by Crippen LogP contribution is -2.41. The molecule has 10 N–H and O–H groups in total. The number of anilines is 2. The molecule has 3 aromatic rings. The molecule has 336 valence electrons. The van der Waals surface area contributed by atoms with Gasteiger partial charge in [-0.15, -0.1) is 11.3 Å². The normalized spacial score (nSPS) is 19.9. The number of amides is 2. The Labute approximate surface area is 353 Å². The van der Waals surface area contributed by atoms with Crippen LogP contribution in [0.1, 0.15) is 19.1 Å². The van der Waals surface area contributed by atoms with Crippen molar-refractivity contribution < 1.29 is 70.6 Å². The van der Waals surface area contributed by atoms with E-state index in [1.165, 1.54) is 0 Å². The van der Waals surface area contributed by atoms with Crippen molar-refractivity contribution in [1.29, 1.82) is 0 Å². The number of carbonyl (C=O) groups excluding carboxylic acids is 2. The fourth-order valence-electron chi connectivity index (χ4n) is 6.15. The van der Waals surface area contributed by atoms with Crippen LogP contribution in [0, 0.1) is 0 Å². The van der Waals surface area contributed by atoms with Crippen molar-refractivity contribution in [1.82, 2.24) is 39.7 Å². The van der Waals surface area contributed by atoms with Crippen molar-refractivity contribution in [3.63, 3.8) is 0 Å². The summed E-state index contributed by atoms with van der Waals surface area (Å²) in [7, 11) is -11.3. The second-order valence-electron chi connectivity index (χ2n) is 13.8. The molecule has 26 nitrogen and oxygen atoms in total. The summed E-state index contributed by atoms with van der Waals surface area (Å²) >= 11 is 1.65. The smallest absolute Gasteiger partial charge is 0.439 e. The lowest BCUT2D eigenvalue weighted by atomic mass is 10.1. The zero-order chi connectivity index (χ0) is 45.1. The Hall–Kier alpha value is -4.72. The number of aliphatic hydroxyl groups is 1. The maximum Gasteiger partial charge on any atom is 0.490 e. The third kappa shape index (κ3) is 11.8. The average Bonchev–Trinajstić information content (AvgIpc) is 3.72. The van der Waals surface area contributed by atoms with Gasteiger partial charge in [0.25, 0.3) is 5.56 Å². The van der Waals surface area contributed by atoms with Crippen LogP contribution in [-0.2, 0) is 41.1 Å². The molecule has 6 atom stereocenters. The monoisotopic (exact) mass is 947 g/mol. The predicted molar refractivity (Wildman–Crippen MR) is 219 cm³/mol. The standard InChI is InChI=1S/C32H41N10O16P3S/c1-40(2)17-6-8-19-22(13-17)62-23-14-18(7-9-20(23)37-19)41(3)12-4-5-24(43)34-10-11-35-32(46)56-27-26(44)21(15-54-60(50,51)58-61(52,53)57-59(47,48)49)55-30(27)42-16-36-25-28(42)38-31(33)39-29(25)45/h6-9,13-14,16,21,26-27,30,44H,4-5,10-12,15H2,1-3H3,(H8-,33,34,35,38,39,43,45,46,47,48,49,50,51,52,53)/p+1/t21-,26-,27-,30-/m1/s1. The number of aliphatic hydroxyl groups excluding tert-OH is 1. The molecule has 2 unspecified atom stereocenters. The van der Waals surface area contributed by atoms with Crippen molar-refractivity contribution in [2.45, 2.75) is 37.4 Å². The summed E-state index contributed by atoms with van der Waals surface area (Å²) in [5.74, 6) is -0.624. The molecule has 0 radical (unpaired) electrons. The van der Waals surface area contributed by atoms with E-state index in [0.717, 1.165) is 42.7 Å². The highest BCUT2D eigenvalue weighted by Crippen LogP contribution is 2.66. The maximum absolute atomic E-state index is 12.9. The number of carbonyl (C=O) groups is 2. The van der Waals surface area contributed by atoms with E-state index in [9.17, 15) is 43.0 Å². The summed E-state index contributed by atoms with van der Waals surface area (Å²) in [5, 5.41) is 17.3. The van der Waals surface area contributed by atoms with E-state index < -0.39 is 66.3 Å². The minimum atomic E-state index is -5.87. The number of fused-ring (bicyclic) bond motifs is 3. The number of nitrogens with zero attached hydrogens (tertiary/aromatic N) is 6. The first-order valence-electron chi connectivity index (χ1n) is 18.2. The topological polar surface area (TPSA) is 365 Å². The molecule has 0 bridgehead atoms. The largest absolute Gasteiger partial charge is 0.490 e. The van der Waals surface area contributed by atoms with Crippen LogP contribution >= 0.6 is 34.8 Å². The summed E-state index contributed by atoms with van der Waals surface area (Å²) in [6.07, 6.45) is -6.22. The number of nitrogens with one attached hydrogen (secondary N) is 3. The average molecular weight is 948 g/mol. The van der Waals surface area contributed by atoms with E-state index in [2.05, 4.69) is 50.9 Å². The fourth-order valence-corrected chi connectivity index (χ4v) is 10.2. The van der Waals surface area contributed by atoms with Gasteiger partial charge in [0.1, 0.15) is 26.3 Å². The van der Waals surface area contributed by atoms with Gasteiger partial charge in [-0.05, 0) is 30.7 Å². The quantitative estimate of drug-likeness (QED) is 0.0260. The van der Waals surface area contributed by atoms with E-state index in [4.69, 9.17) is 30.0 Å². The van der Waals surface area contributed by atoms with Crippen molar-refractivity contribution in [3.05, 3.63) is 58.4 Å². The van der Waals surface area contributed by atoms with Crippen LogP contribution in [0.5, 0.6) is 0 Å². The summed E-state index contributed by atoms with van der Waals surface area (Å²) < 4.78 is 62.2. The van der Waals surface area contributed by atoms with Crippen molar-refractivity contribution in [2.24, 2.45) is 0 Å². The maximum atomic E-state index is 12.9. The Morgan fingerprint density at radius 3 is 2.52 bits per heavy atom. The summed E-state index contributed by atoms with van der Waals surface area (Å²) in [6, 6.07) is 12.1. The number of hydrogen-bond acceptors (Lipinski definition) is 18. The van der Waals surface area contributed by atoms with Crippen LogP contribution in [0.25, 0.3) is 32.0 Å². The van der Waals surface area contributed by atoms with E-state index in [0.29, 0.717) is 13.0 Å². The van der Waals surface area contributed by atoms with E-state index >= 15 is 0 Å². The van der Waals surface area contributed by atoms with Crippen LogP contribution in [0.2, 0.25) is 0 Å². The van der Waals surface area contributed by atoms with Crippen LogP contribution in [0.15, 0.2) is 47.5 Å². The molecule has 1 aliphatic carbocycles. The summed E-state index contributed by atoms with van der Waals surface area (Å²) in [6.45, 7) is -0.700. The molecule has 2 amide bonds. The Morgan fingerprint density at radius 2 is 1.79 bits per heavy atom. The first kappa shape index (κ1) is 46.8. The van der Waals surface area contributed by atoms with Crippen molar-refractivity contribution in [2.75, 3.05) is 58.0 Å². The van der Waals surface area contributed by atoms with E-state index in [-0.39, 0.29) is 42.5 Å². The molecule has 1 fully saturated rings. The van der Waals surface area contributed by atoms with Gasteiger partial charge in [-0.3, -0.25) is 23.7 Å². The van der Waals surface area contributed by atoms with E-state index in [1.807, 2.05) is 54.9 Å². The molecule has 2 aromatic heterocycles. The van der Waals surface area contributed by atoms with Crippen LogP contribution in [0.3, 0.4) is 0 Å². The first-order chi connectivity index (χ1) is 29.1. The van der Waals surface area contributed by atoms with E-state index in [1.54, 1.807) is 11.3 Å². The Kier molecular flexibility index (Phi) is 14.3. The van der Waals surface area contributed by atoms with Gasteiger partial charge in [0.05, 0.1) is 33.7 Å². The van der Waals surface area contributed by atoms with Gasteiger partial charge in [0, 0.05) is 50.9 Å². The zero-order valence-electron chi connectivity index (χ0n) is 32.8. The highest BCUT2D eigenvalue weighted by Gasteiger charge is 2.49. The second kappa shape index (κ2) is 18.9. The number of phosphoric acid groups is 3. The molecule has 30 heteroatoms. The number of alkyl carbamates (subject to hydrolysis) is 1. The number of ether oxygens (including phenoxy) is 2. The second-order valence-corrected chi connectivity index (χ2v) is 19.3. The molecule has 0 saturated carbocycles. The SMILES string of the molecule is CN(CCCC(=O)NCCNC(=O)O[C@@H]1[C@H](O)[C@@H](COP(=O)(O)OP(=O)(O)OP(=O)(O)O)O[C@H]1n1cnc2c(=O)[nH]c(N)nc21)c1ccc2nc3ccc(=[N+](C)C)cc-3sc2c1. The number of nitrogens with two attached hydrogens (primary N) is 1. The van der Waals surface area contributed by atoms with Crippen LogP contribution in [-0.4, -0.2) is 127 Å². The molecular formula is C32H42N10O16P3S+. The van der Waals surface area contributed by atoms with Gasteiger partial charge < -0.3 is 55.4 Å². The fraction of sp³-hybridized carbons (Fsp3) is 0.406. The molecule has 0 spiro atoms. The minimum absolute atomic E-state index is 0.0136. The number of nitrogen functional groups attached to an aromatic ring is 1. The highest BCUT2D eigenvalue weighted by atomic mass is 32.1. The van der Waals surface area contributed by atoms with Crippen molar-refractivity contribution in [3.8, 4) is 10.6 Å². The lowest BCUT2D eigenvalue weighted by Gasteiger charge is -2.22. The van der Waals surface area contributed by atoms with Gasteiger partial charge in [-0.25, -0.2) is 33.0 Å². The highest BCUT2D eigenvalue weighted by molar-refractivity contribution is 7.66. The molecule has 1 aromatic carbocycles. The molecular weight excluding hydrogens is 905 g/mol.